The van der Waals surface area contributed by atoms with E-state index in [2.05, 4.69) is 0 Å². The lowest BCUT2D eigenvalue weighted by molar-refractivity contribution is -0.384. The second kappa shape index (κ2) is 6.54. The molecule has 122 valence electrons. The molecule has 0 N–H and O–H groups in total. The second-order valence-corrected chi connectivity index (χ2v) is 5.24. The molecular weight excluding hydrogens is 310 g/mol. The number of carbonyl (C=O) groups is 1. The van der Waals surface area contributed by atoms with Gasteiger partial charge in [0.05, 0.1) is 16.9 Å². The fourth-order valence-corrected chi connectivity index (χ4v) is 2.39. The van der Waals surface area contributed by atoms with E-state index in [0.29, 0.717) is 23.1 Å². The van der Waals surface area contributed by atoms with Crippen LogP contribution in [0.5, 0.6) is 5.75 Å². The molecule has 0 aliphatic heterocycles. The van der Waals surface area contributed by atoms with Gasteiger partial charge in [-0.05, 0) is 12.5 Å². The van der Waals surface area contributed by atoms with Crippen molar-refractivity contribution in [1.29, 1.82) is 0 Å². The Labute approximate surface area is 137 Å². The minimum absolute atomic E-state index is 0.0603. The molecule has 6 heteroatoms. The van der Waals surface area contributed by atoms with Crippen molar-refractivity contribution in [2.24, 2.45) is 0 Å². The van der Waals surface area contributed by atoms with Crippen molar-refractivity contribution >= 4 is 22.4 Å². The highest BCUT2D eigenvalue weighted by atomic mass is 16.6. The molecule has 0 aliphatic carbocycles. The highest BCUT2D eigenvalue weighted by molar-refractivity contribution is 6.12. The SMILES string of the molecule is CCCOc1c(C(=O)c2ccccc2)oc2ccc([N+](=O)[O-])cc12. The van der Waals surface area contributed by atoms with Crippen molar-refractivity contribution in [3.8, 4) is 5.75 Å². The summed E-state index contributed by atoms with van der Waals surface area (Å²) in [6, 6.07) is 12.9. The summed E-state index contributed by atoms with van der Waals surface area (Å²) in [4.78, 5) is 23.2. The quantitative estimate of drug-likeness (QED) is 0.382. The summed E-state index contributed by atoms with van der Waals surface area (Å²) >= 11 is 0. The van der Waals surface area contributed by atoms with Gasteiger partial charge in [0, 0.05) is 17.7 Å². The molecule has 2 aromatic carbocycles. The number of furan rings is 1. The number of fused-ring (bicyclic) bond motifs is 1. The van der Waals surface area contributed by atoms with Gasteiger partial charge in [-0.1, -0.05) is 37.3 Å². The highest BCUT2D eigenvalue weighted by Gasteiger charge is 2.24. The average molecular weight is 325 g/mol. The third-order valence-corrected chi connectivity index (χ3v) is 3.53. The van der Waals surface area contributed by atoms with Crippen LogP contribution in [0, 0.1) is 10.1 Å². The van der Waals surface area contributed by atoms with Crippen LogP contribution in [-0.4, -0.2) is 17.3 Å². The first kappa shape index (κ1) is 15.7. The van der Waals surface area contributed by atoms with Gasteiger partial charge in [0.2, 0.25) is 11.5 Å². The Kier molecular flexibility index (Phi) is 4.29. The molecule has 1 aromatic heterocycles. The zero-order valence-corrected chi connectivity index (χ0v) is 13.0. The average Bonchev–Trinajstić information content (AvgIpc) is 2.97. The van der Waals surface area contributed by atoms with Crippen LogP contribution >= 0.6 is 0 Å². The summed E-state index contributed by atoms with van der Waals surface area (Å²) in [5.41, 5.74) is 0.766. The minimum atomic E-state index is -0.491. The fourth-order valence-electron chi connectivity index (χ4n) is 2.39. The Hall–Kier alpha value is -3.15. The maximum Gasteiger partial charge on any atom is 0.270 e. The predicted molar refractivity (Wildman–Crippen MR) is 88.5 cm³/mol. The molecule has 0 spiro atoms. The van der Waals surface area contributed by atoms with Crippen LogP contribution in [0.3, 0.4) is 0 Å². The normalized spacial score (nSPS) is 10.7. The van der Waals surface area contributed by atoms with Crippen LogP contribution in [0.1, 0.15) is 29.5 Å². The Bertz CT molecular complexity index is 898. The van der Waals surface area contributed by atoms with E-state index in [1.54, 1.807) is 24.3 Å². The molecule has 3 aromatic rings. The molecule has 0 bridgehead atoms. The third kappa shape index (κ3) is 2.86. The number of benzene rings is 2. The minimum Gasteiger partial charge on any atom is -0.489 e. The van der Waals surface area contributed by atoms with E-state index in [1.807, 2.05) is 13.0 Å². The predicted octanol–water partition coefficient (Wildman–Crippen LogP) is 4.36. The molecule has 0 amide bonds. The van der Waals surface area contributed by atoms with E-state index in [1.165, 1.54) is 18.2 Å². The number of rotatable bonds is 6. The standard InChI is InChI=1S/C18H15NO5/c1-2-10-23-17-14-11-13(19(21)22)8-9-15(14)24-18(17)16(20)12-6-4-3-5-7-12/h3-9,11H,2,10H2,1H3. The van der Waals surface area contributed by atoms with Crippen LogP contribution in [0.2, 0.25) is 0 Å². The van der Waals surface area contributed by atoms with Gasteiger partial charge in [-0.25, -0.2) is 0 Å². The molecular formula is C18H15NO5. The number of hydrogen-bond acceptors (Lipinski definition) is 5. The zero-order chi connectivity index (χ0) is 17.1. The van der Waals surface area contributed by atoms with Crippen LogP contribution < -0.4 is 4.74 Å². The Morgan fingerprint density at radius 2 is 1.96 bits per heavy atom. The number of ether oxygens (including phenoxy) is 1. The van der Waals surface area contributed by atoms with E-state index in [4.69, 9.17) is 9.15 Å². The number of carbonyl (C=O) groups excluding carboxylic acids is 1. The van der Waals surface area contributed by atoms with E-state index in [9.17, 15) is 14.9 Å². The van der Waals surface area contributed by atoms with Gasteiger partial charge in [-0.2, -0.15) is 0 Å². The van der Waals surface area contributed by atoms with Gasteiger partial charge < -0.3 is 9.15 Å². The second-order valence-electron chi connectivity index (χ2n) is 5.24. The summed E-state index contributed by atoms with van der Waals surface area (Å²) in [5, 5.41) is 11.4. The Morgan fingerprint density at radius 1 is 1.21 bits per heavy atom. The number of non-ortho nitro benzene ring substituents is 1. The number of nitro benzene ring substituents is 1. The highest BCUT2D eigenvalue weighted by Crippen LogP contribution is 2.36. The third-order valence-electron chi connectivity index (χ3n) is 3.53. The zero-order valence-electron chi connectivity index (χ0n) is 13.0. The van der Waals surface area contributed by atoms with Gasteiger partial charge in [0.1, 0.15) is 5.58 Å². The number of nitro groups is 1. The van der Waals surface area contributed by atoms with Crippen LogP contribution in [0.25, 0.3) is 11.0 Å². The monoisotopic (exact) mass is 325 g/mol. The van der Waals surface area contributed by atoms with E-state index in [-0.39, 0.29) is 23.0 Å². The molecule has 1 heterocycles. The first-order chi connectivity index (χ1) is 11.6. The van der Waals surface area contributed by atoms with Crippen molar-refractivity contribution in [1.82, 2.24) is 0 Å². The molecule has 0 saturated carbocycles. The fraction of sp³-hybridized carbons (Fsp3) is 0.167. The van der Waals surface area contributed by atoms with E-state index in [0.717, 1.165) is 6.42 Å². The molecule has 24 heavy (non-hydrogen) atoms. The van der Waals surface area contributed by atoms with Gasteiger partial charge >= 0.3 is 0 Å². The maximum atomic E-state index is 12.7. The number of hydrogen-bond donors (Lipinski definition) is 0. The van der Waals surface area contributed by atoms with Crippen molar-refractivity contribution in [2.75, 3.05) is 6.61 Å². The van der Waals surface area contributed by atoms with Crippen molar-refractivity contribution in [3.05, 3.63) is 70.0 Å². The van der Waals surface area contributed by atoms with Crippen molar-refractivity contribution in [3.63, 3.8) is 0 Å². The first-order valence-electron chi connectivity index (χ1n) is 7.55. The first-order valence-corrected chi connectivity index (χ1v) is 7.55. The van der Waals surface area contributed by atoms with Crippen molar-refractivity contribution in [2.45, 2.75) is 13.3 Å². The van der Waals surface area contributed by atoms with Crippen LogP contribution in [-0.2, 0) is 0 Å². The molecule has 0 radical (unpaired) electrons. The van der Waals surface area contributed by atoms with Crippen LogP contribution in [0.4, 0.5) is 5.69 Å². The molecule has 0 fully saturated rings. The van der Waals surface area contributed by atoms with Gasteiger partial charge in [-0.15, -0.1) is 0 Å². The van der Waals surface area contributed by atoms with Gasteiger partial charge in [0.25, 0.3) is 5.69 Å². The Balaban J connectivity index is 2.15. The lowest BCUT2D eigenvalue weighted by Gasteiger charge is -2.05. The van der Waals surface area contributed by atoms with Gasteiger partial charge in [0.15, 0.2) is 5.75 Å². The topological polar surface area (TPSA) is 82.6 Å². The lowest BCUT2D eigenvalue weighted by atomic mass is 10.1. The summed E-state index contributed by atoms with van der Waals surface area (Å²) in [7, 11) is 0. The van der Waals surface area contributed by atoms with E-state index >= 15 is 0 Å². The number of nitrogens with zero attached hydrogens (tertiary/aromatic N) is 1. The van der Waals surface area contributed by atoms with Gasteiger partial charge in [-0.3, -0.25) is 14.9 Å². The maximum absolute atomic E-state index is 12.7. The summed E-state index contributed by atoms with van der Waals surface area (Å²) in [6.45, 7) is 2.32. The molecule has 3 rings (SSSR count). The lowest BCUT2D eigenvalue weighted by Crippen LogP contribution is -2.04. The smallest absolute Gasteiger partial charge is 0.270 e. The molecule has 0 unspecified atom stereocenters. The van der Waals surface area contributed by atoms with Crippen molar-refractivity contribution < 1.29 is 18.9 Å². The summed E-state index contributed by atoms with van der Waals surface area (Å²) < 4.78 is 11.3. The molecule has 6 nitrogen and oxygen atoms in total. The largest absolute Gasteiger partial charge is 0.489 e. The summed E-state index contributed by atoms with van der Waals surface area (Å²) in [5.74, 6) is -0.00453. The molecule has 0 aliphatic rings. The Morgan fingerprint density at radius 3 is 2.62 bits per heavy atom. The molecule has 0 atom stereocenters. The number of ketones is 1. The van der Waals surface area contributed by atoms with E-state index < -0.39 is 4.92 Å². The van der Waals surface area contributed by atoms with Crippen LogP contribution in [0.15, 0.2) is 52.9 Å². The molecule has 0 saturated heterocycles. The summed E-state index contributed by atoms with van der Waals surface area (Å²) in [6.07, 6.45) is 0.737.